The topological polar surface area (TPSA) is 69.9 Å². The highest BCUT2D eigenvalue weighted by Gasteiger charge is 2.23. The van der Waals surface area contributed by atoms with Crippen LogP contribution in [-0.2, 0) is 17.9 Å². The number of nitrogens with zero attached hydrogens (tertiary/aromatic N) is 1. The lowest BCUT2D eigenvalue weighted by molar-refractivity contribution is 0.101. The molecular formula is C16H16F2N4OS. The number of rotatable bonds is 2. The molecule has 3 rings (SSSR count). The summed E-state index contributed by atoms with van der Waals surface area (Å²) < 4.78 is 39.2. The van der Waals surface area contributed by atoms with Gasteiger partial charge >= 0.3 is 0 Å². The van der Waals surface area contributed by atoms with Crippen LogP contribution < -0.4 is 10.0 Å². The Balaban J connectivity index is 1.97. The molecule has 0 saturated heterocycles. The van der Waals surface area contributed by atoms with E-state index in [9.17, 15) is 13.6 Å². The second-order valence-electron chi connectivity index (χ2n) is 5.52. The number of halogens is 2. The van der Waals surface area contributed by atoms with E-state index in [-0.39, 0.29) is 11.7 Å². The van der Waals surface area contributed by atoms with Gasteiger partial charge in [-0.2, -0.15) is 0 Å². The zero-order chi connectivity index (χ0) is 17.4. The molecule has 2 heterocycles. The van der Waals surface area contributed by atoms with E-state index in [0.717, 1.165) is 12.1 Å². The number of hydrogen-bond donors (Lipinski definition) is 3. The van der Waals surface area contributed by atoms with Gasteiger partial charge in [-0.15, -0.1) is 0 Å². The Kier molecular flexibility index (Phi) is 4.33. The van der Waals surface area contributed by atoms with E-state index in [1.165, 1.54) is 6.07 Å². The highest BCUT2D eigenvalue weighted by Crippen LogP contribution is 2.25. The number of fused-ring (bicyclic) bond motifs is 1. The Morgan fingerprint density at radius 2 is 2.12 bits per heavy atom. The van der Waals surface area contributed by atoms with E-state index in [1.807, 2.05) is 19.1 Å². The zero-order valence-electron chi connectivity index (χ0n) is 13.1. The van der Waals surface area contributed by atoms with Crippen LogP contribution in [-0.4, -0.2) is 16.5 Å². The summed E-state index contributed by atoms with van der Waals surface area (Å²) in [7, 11) is 0.767. The van der Waals surface area contributed by atoms with E-state index in [0.29, 0.717) is 16.2 Å². The molecule has 3 N–H and O–H groups in total. The average Bonchev–Trinajstić information content (AvgIpc) is 2.78. The number of carbonyl (C=O) groups excluding carboxylic acids is 1. The van der Waals surface area contributed by atoms with Crippen molar-refractivity contribution in [1.82, 2.24) is 9.29 Å². The molecule has 1 aromatic carbocycles. The summed E-state index contributed by atoms with van der Waals surface area (Å²) in [6.07, 6.45) is 5.43. The molecule has 0 saturated carbocycles. The van der Waals surface area contributed by atoms with Crippen LogP contribution in [0.1, 0.15) is 23.0 Å². The van der Waals surface area contributed by atoms with Crippen LogP contribution in [0.15, 0.2) is 35.4 Å². The summed E-state index contributed by atoms with van der Waals surface area (Å²) in [6.45, 7) is 1.93. The van der Waals surface area contributed by atoms with Crippen LogP contribution in [0.5, 0.6) is 0 Å². The number of aryl methyl sites for hydroxylation is 1. The van der Waals surface area contributed by atoms with Gasteiger partial charge in [0, 0.05) is 36.6 Å². The van der Waals surface area contributed by atoms with Crippen molar-refractivity contribution < 1.29 is 13.6 Å². The Hall–Kier alpha value is -2.32. The van der Waals surface area contributed by atoms with Crippen molar-refractivity contribution in [2.24, 2.45) is 7.05 Å². The standard InChI is InChI=1S/C16H16F2N4OS/c1-9-3-5-11-14(24(19)21-9)8-22(2)15(11)16(23)20-10-4-6-12(17)13(18)7-10/h3-9H,1-2H3,(H2,19,21)(H,20,23). The summed E-state index contributed by atoms with van der Waals surface area (Å²) in [5.41, 5.74) is 1.20. The molecule has 0 spiro atoms. The highest BCUT2D eigenvalue weighted by atomic mass is 32.2. The minimum Gasteiger partial charge on any atom is -0.345 e. The van der Waals surface area contributed by atoms with Gasteiger partial charge in [0.2, 0.25) is 0 Å². The molecule has 0 aliphatic carbocycles. The third-order valence-electron chi connectivity index (χ3n) is 3.65. The average molecular weight is 350 g/mol. The minimum absolute atomic E-state index is 0.0191. The molecule has 5 nitrogen and oxygen atoms in total. The first kappa shape index (κ1) is 16.5. The van der Waals surface area contributed by atoms with Gasteiger partial charge in [0.25, 0.3) is 5.91 Å². The zero-order valence-corrected chi connectivity index (χ0v) is 13.9. The molecule has 2 atom stereocenters. The predicted molar refractivity (Wildman–Crippen MR) is 89.7 cm³/mol. The first-order valence-electron chi connectivity index (χ1n) is 7.22. The SMILES string of the molecule is CC1C=Cc2c(cn(C)c2C(=O)Nc2ccc(F)c(F)c2)S(=N)N1. The third-order valence-corrected chi connectivity index (χ3v) is 5.02. The van der Waals surface area contributed by atoms with Crippen molar-refractivity contribution in [3.63, 3.8) is 0 Å². The Morgan fingerprint density at radius 3 is 2.83 bits per heavy atom. The lowest BCUT2D eigenvalue weighted by atomic mass is 10.2. The second-order valence-corrected chi connectivity index (χ2v) is 6.81. The summed E-state index contributed by atoms with van der Waals surface area (Å²) >= 11 is 0. The van der Waals surface area contributed by atoms with E-state index < -0.39 is 28.4 Å². The summed E-state index contributed by atoms with van der Waals surface area (Å²) in [5.74, 6) is -2.44. The van der Waals surface area contributed by atoms with Crippen LogP contribution in [0.4, 0.5) is 14.5 Å². The molecule has 1 aliphatic rings. The van der Waals surface area contributed by atoms with Crippen LogP contribution in [0, 0.1) is 16.4 Å². The molecule has 24 heavy (non-hydrogen) atoms. The summed E-state index contributed by atoms with van der Waals surface area (Å²) in [4.78, 5) is 13.3. The summed E-state index contributed by atoms with van der Waals surface area (Å²) in [5, 5.41) is 2.57. The second kappa shape index (κ2) is 6.29. The molecule has 1 aliphatic heterocycles. The minimum atomic E-state index is -1.02. The largest absolute Gasteiger partial charge is 0.345 e. The van der Waals surface area contributed by atoms with Gasteiger partial charge in [-0.05, 0) is 29.9 Å². The molecule has 126 valence electrons. The highest BCUT2D eigenvalue weighted by molar-refractivity contribution is 7.84. The number of benzene rings is 1. The van der Waals surface area contributed by atoms with Crippen molar-refractivity contribution in [2.45, 2.75) is 17.9 Å². The van der Waals surface area contributed by atoms with Crippen molar-refractivity contribution in [3.05, 3.63) is 53.4 Å². The maximum Gasteiger partial charge on any atom is 0.272 e. The molecule has 1 aromatic heterocycles. The van der Waals surface area contributed by atoms with E-state index in [2.05, 4.69) is 10.0 Å². The number of amides is 1. The fraction of sp³-hybridized carbons (Fsp3) is 0.188. The molecular weight excluding hydrogens is 334 g/mol. The van der Waals surface area contributed by atoms with Crippen molar-refractivity contribution in [3.8, 4) is 0 Å². The van der Waals surface area contributed by atoms with Gasteiger partial charge in [0.15, 0.2) is 11.6 Å². The van der Waals surface area contributed by atoms with Gasteiger partial charge < -0.3 is 9.88 Å². The number of aromatic nitrogens is 1. The third kappa shape index (κ3) is 3.02. The maximum atomic E-state index is 13.3. The predicted octanol–water partition coefficient (Wildman–Crippen LogP) is 3.22. The van der Waals surface area contributed by atoms with Crippen LogP contribution >= 0.6 is 0 Å². The van der Waals surface area contributed by atoms with Crippen LogP contribution in [0.2, 0.25) is 0 Å². The fourth-order valence-electron chi connectivity index (χ4n) is 2.52. The Bertz CT molecular complexity index is 875. The molecule has 2 aromatic rings. The normalized spacial score (nSPS) is 19.7. The van der Waals surface area contributed by atoms with Gasteiger partial charge in [-0.25, -0.2) is 13.5 Å². The molecule has 8 heteroatoms. The molecule has 2 unspecified atom stereocenters. The van der Waals surface area contributed by atoms with Crippen molar-refractivity contribution in [2.75, 3.05) is 5.32 Å². The molecule has 0 fully saturated rings. The number of anilines is 1. The quantitative estimate of drug-likeness (QED) is 0.778. The van der Waals surface area contributed by atoms with Crippen molar-refractivity contribution in [1.29, 1.82) is 4.78 Å². The fourth-order valence-corrected chi connectivity index (χ4v) is 3.74. The lowest BCUT2D eigenvalue weighted by Crippen LogP contribution is -2.24. The number of nitrogens with one attached hydrogen (secondary N) is 3. The first-order valence-corrected chi connectivity index (χ1v) is 8.45. The van der Waals surface area contributed by atoms with Gasteiger partial charge in [-0.3, -0.25) is 9.57 Å². The Morgan fingerprint density at radius 1 is 1.38 bits per heavy atom. The summed E-state index contributed by atoms with van der Waals surface area (Å²) in [6, 6.07) is 3.21. The smallest absolute Gasteiger partial charge is 0.272 e. The van der Waals surface area contributed by atoms with E-state index in [1.54, 1.807) is 17.8 Å². The van der Waals surface area contributed by atoms with E-state index >= 15 is 0 Å². The van der Waals surface area contributed by atoms with Gasteiger partial charge in [-0.1, -0.05) is 12.2 Å². The van der Waals surface area contributed by atoms with Crippen LogP contribution in [0.3, 0.4) is 0 Å². The van der Waals surface area contributed by atoms with Crippen LogP contribution in [0.25, 0.3) is 6.08 Å². The maximum absolute atomic E-state index is 13.3. The Labute approximate surface area is 140 Å². The lowest BCUT2D eigenvalue weighted by Gasteiger charge is -2.08. The molecule has 0 bridgehead atoms. The number of carbonyl (C=O) groups is 1. The van der Waals surface area contributed by atoms with Gasteiger partial charge in [0.1, 0.15) is 5.69 Å². The number of hydrogen-bond acceptors (Lipinski definition) is 2. The molecule has 1 amide bonds. The van der Waals surface area contributed by atoms with Gasteiger partial charge in [0.05, 0.1) is 4.90 Å². The monoisotopic (exact) mass is 350 g/mol. The molecule has 0 radical (unpaired) electrons. The van der Waals surface area contributed by atoms with Crippen molar-refractivity contribution >= 4 is 28.5 Å². The first-order chi connectivity index (χ1) is 11.4. The van der Waals surface area contributed by atoms with E-state index in [4.69, 9.17) is 4.78 Å².